The molecule has 0 atom stereocenters. The van der Waals surface area contributed by atoms with Crippen LogP contribution in [-0.4, -0.2) is 33.8 Å². The van der Waals surface area contributed by atoms with Gasteiger partial charge in [0.15, 0.2) is 0 Å². The minimum absolute atomic E-state index is 0.0884. The number of aryl methyl sites for hydroxylation is 1. The Bertz CT molecular complexity index is 508. The molecular weight excluding hydrogens is 272 g/mol. The molecule has 0 saturated carbocycles. The van der Waals surface area contributed by atoms with Gasteiger partial charge in [-0.05, 0) is 43.3 Å². The lowest BCUT2D eigenvalue weighted by atomic mass is 9.81. The van der Waals surface area contributed by atoms with Crippen molar-refractivity contribution >= 4 is 10.0 Å². The fraction of sp³-hybridized carbons (Fsp3) is 0.600. The van der Waals surface area contributed by atoms with Crippen LogP contribution in [0.5, 0.6) is 0 Å². The summed E-state index contributed by atoms with van der Waals surface area (Å²) in [4.78, 5) is 0. The smallest absolute Gasteiger partial charge is 0.211 e. The van der Waals surface area contributed by atoms with Crippen LogP contribution in [0.25, 0.3) is 0 Å². The van der Waals surface area contributed by atoms with E-state index in [0.717, 1.165) is 31.5 Å². The van der Waals surface area contributed by atoms with E-state index < -0.39 is 10.0 Å². The average molecular weight is 296 g/mol. The molecule has 1 aliphatic rings. The van der Waals surface area contributed by atoms with Crippen molar-refractivity contribution < 1.29 is 8.42 Å². The molecule has 2 rings (SSSR count). The van der Waals surface area contributed by atoms with E-state index in [-0.39, 0.29) is 11.2 Å². The summed E-state index contributed by atoms with van der Waals surface area (Å²) in [5.41, 5.74) is 1.15. The van der Waals surface area contributed by atoms with Crippen LogP contribution < -0.4 is 10.0 Å². The first-order valence-electron chi connectivity index (χ1n) is 7.21. The molecule has 4 nitrogen and oxygen atoms in total. The zero-order valence-corrected chi connectivity index (χ0v) is 12.9. The van der Waals surface area contributed by atoms with Gasteiger partial charge in [-0.2, -0.15) is 0 Å². The molecule has 1 saturated heterocycles. The third kappa shape index (κ3) is 4.89. The second-order valence-electron chi connectivity index (χ2n) is 5.94. The van der Waals surface area contributed by atoms with E-state index in [0.29, 0.717) is 13.0 Å². The van der Waals surface area contributed by atoms with E-state index >= 15 is 0 Å². The third-order valence-corrected chi connectivity index (χ3v) is 5.36. The molecule has 20 heavy (non-hydrogen) atoms. The van der Waals surface area contributed by atoms with Crippen molar-refractivity contribution in [3.05, 3.63) is 35.9 Å². The molecular formula is C15H24N2O2S. The summed E-state index contributed by atoms with van der Waals surface area (Å²) in [5, 5.41) is 3.31. The topological polar surface area (TPSA) is 58.2 Å². The van der Waals surface area contributed by atoms with Crippen molar-refractivity contribution in [2.24, 2.45) is 5.41 Å². The first-order valence-corrected chi connectivity index (χ1v) is 8.86. The summed E-state index contributed by atoms with van der Waals surface area (Å²) >= 11 is 0. The number of hydrogen-bond acceptors (Lipinski definition) is 3. The van der Waals surface area contributed by atoms with Gasteiger partial charge in [-0.1, -0.05) is 37.3 Å². The van der Waals surface area contributed by atoms with E-state index in [9.17, 15) is 8.42 Å². The minimum atomic E-state index is -3.19. The van der Waals surface area contributed by atoms with Gasteiger partial charge in [0.05, 0.1) is 5.75 Å². The highest BCUT2D eigenvalue weighted by Gasteiger charge is 2.28. The maximum atomic E-state index is 12.1. The minimum Gasteiger partial charge on any atom is -0.317 e. The first-order chi connectivity index (χ1) is 9.49. The van der Waals surface area contributed by atoms with Crippen LogP contribution in [0.1, 0.15) is 25.3 Å². The summed E-state index contributed by atoms with van der Waals surface area (Å²) in [5.74, 6) is 0.158. The maximum Gasteiger partial charge on any atom is 0.211 e. The van der Waals surface area contributed by atoms with Crippen molar-refractivity contribution in [2.75, 3.05) is 25.4 Å². The molecule has 1 fully saturated rings. The van der Waals surface area contributed by atoms with Crippen LogP contribution in [0.2, 0.25) is 0 Å². The van der Waals surface area contributed by atoms with Crippen molar-refractivity contribution in [3.63, 3.8) is 0 Å². The monoisotopic (exact) mass is 296 g/mol. The fourth-order valence-corrected chi connectivity index (χ4v) is 3.68. The van der Waals surface area contributed by atoms with Crippen LogP contribution in [0.15, 0.2) is 30.3 Å². The summed E-state index contributed by atoms with van der Waals surface area (Å²) in [6.07, 6.45) is 2.61. The standard InChI is InChI=1S/C15H24N2O2S/c1-15(8-10-16-11-9-15)13-17-20(18,19)12-7-14-5-3-2-4-6-14/h2-6,16-17H,7-13H2,1H3. The van der Waals surface area contributed by atoms with Crippen molar-refractivity contribution in [3.8, 4) is 0 Å². The quantitative estimate of drug-likeness (QED) is 0.837. The molecule has 1 heterocycles. The third-order valence-electron chi connectivity index (χ3n) is 4.03. The number of hydrogen-bond donors (Lipinski definition) is 2. The molecule has 0 aromatic heterocycles. The van der Waals surface area contributed by atoms with E-state index in [2.05, 4.69) is 17.0 Å². The van der Waals surface area contributed by atoms with Crippen LogP contribution in [0, 0.1) is 5.41 Å². The van der Waals surface area contributed by atoms with Gasteiger partial charge in [0.2, 0.25) is 10.0 Å². The average Bonchev–Trinajstić information content (AvgIpc) is 2.46. The molecule has 112 valence electrons. The Hall–Kier alpha value is -0.910. The van der Waals surface area contributed by atoms with Gasteiger partial charge in [-0.15, -0.1) is 0 Å². The van der Waals surface area contributed by atoms with E-state index in [1.165, 1.54) is 0 Å². The van der Waals surface area contributed by atoms with Gasteiger partial charge in [-0.25, -0.2) is 13.1 Å². The Labute approximate surface area is 122 Å². The number of rotatable bonds is 6. The Morgan fingerprint density at radius 3 is 2.50 bits per heavy atom. The molecule has 0 amide bonds. The molecule has 5 heteroatoms. The molecule has 2 N–H and O–H groups in total. The van der Waals surface area contributed by atoms with Gasteiger partial charge < -0.3 is 5.32 Å². The Balaban J connectivity index is 1.82. The molecule has 0 bridgehead atoms. The Morgan fingerprint density at radius 1 is 1.20 bits per heavy atom. The fourth-order valence-electron chi connectivity index (χ4n) is 2.46. The number of nitrogens with one attached hydrogen (secondary N) is 2. The molecule has 0 radical (unpaired) electrons. The van der Waals surface area contributed by atoms with Crippen LogP contribution in [-0.2, 0) is 16.4 Å². The molecule has 0 unspecified atom stereocenters. The lowest BCUT2D eigenvalue weighted by Crippen LogP contribution is -2.43. The van der Waals surface area contributed by atoms with Gasteiger partial charge in [0, 0.05) is 6.54 Å². The van der Waals surface area contributed by atoms with Crippen molar-refractivity contribution in [2.45, 2.75) is 26.2 Å². The van der Waals surface area contributed by atoms with Crippen molar-refractivity contribution in [1.29, 1.82) is 0 Å². The summed E-state index contributed by atoms with van der Waals surface area (Å²) in [7, 11) is -3.19. The van der Waals surface area contributed by atoms with Gasteiger partial charge in [0.25, 0.3) is 0 Å². The molecule has 1 aliphatic heterocycles. The van der Waals surface area contributed by atoms with Gasteiger partial charge >= 0.3 is 0 Å². The highest BCUT2D eigenvalue weighted by atomic mass is 32.2. The second kappa shape index (κ2) is 6.70. The van der Waals surface area contributed by atoms with Crippen LogP contribution in [0.4, 0.5) is 0 Å². The summed E-state index contributed by atoms with van der Waals surface area (Å²) < 4.78 is 26.9. The highest BCUT2D eigenvalue weighted by molar-refractivity contribution is 7.89. The lowest BCUT2D eigenvalue weighted by molar-refractivity contribution is 0.232. The zero-order valence-electron chi connectivity index (χ0n) is 12.1. The number of sulfonamides is 1. The Kier molecular flexibility index (Phi) is 5.18. The predicted octanol–water partition coefficient (Wildman–Crippen LogP) is 1.54. The highest BCUT2D eigenvalue weighted by Crippen LogP contribution is 2.26. The van der Waals surface area contributed by atoms with Gasteiger partial charge in [0.1, 0.15) is 0 Å². The molecule has 1 aromatic rings. The van der Waals surface area contributed by atoms with Crippen molar-refractivity contribution in [1.82, 2.24) is 10.0 Å². The van der Waals surface area contributed by atoms with Crippen LogP contribution in [0.3, 0.4) is 0 Å². The van der Waals surface area contributed by atoms with E-state index in [1.807, 2.05) is 30.3 Å². The summed E-state index contributed by atoms with van der Waals surface area (Å²) in [6.45, 7) is 4.66. The first kappa shape index (κ1) is 15.5. The van der Waals surface area contributed by atoms with E-state index in [4.69, 9.17) is 0 Å². The molecule has 1 aromatic carbocycles. The maximum absolute atomic E-state index is 12.1. The summed E-state index contributed by atoms with van der Waals surface area (Å²) in [6, 6.07) is 9.73. The number of benzene rings is 1. The van der Waals surface area contributed by atoms with E-state index in [1.54, 1.807) is 0 Å². The second-order valence-corrected chi connectivity index (χ2v) is 7.86. The van der Waals surface area contributed by atoms with Crippen LogP contribution >= 0.6 is 0 Å². The molecule has 0 aliphatic carbocycles. The molecule has 0 spiro atoms. The Morgan fingerprint density at radius 2 is 1.85 bits per heavy atom. The SMILES string of the molecule is CC1(CNS(=O)(=O)CCc2ccccc2)CCNCC1. The number of piperidine rings is 1. The lowest BCUT2D eigenvalue weighted by Gasteiger charge is -2.34. The largest absolute Gasteiger partial charge is 0.317 e. The normalized spacial score (nSPS) is 18.9. The zero-order chi connectivity index (χ0) is 14.5. The van der Waals surface area contributed by atoms with Gasteiger partial charge in [-0.3, -0.25) is 0 Å². The predicted molar refractivity (Wildman–Crippen MR) is 82.1 cm³/mol.